The Labute approximate surface area is 92.0 Å². The third-order valence-corrected chi connectivity index (χ3v) is 2.52. The predicted molar refractivity (Wildman–Crippen MR) is 55.6 cm³/mol. The van der Waals surface area contributed by atoms with Crippen LogP contribution in [0.3, 0.4) is 0 Å². The van der Waals surface area contributed by atoms with Crippen molar-refractivity contribution in [3.63, 3.8) is 0 Å². The van der Waals surface area contributed by atoms with Gasteiger partial charge >= 0.3 is 0 Å². The molecule has 1 aliphatic heterocycles. The van der Waals surface area contributed by atoms with Crippen molar-refractivity contribution in [2.24, 2.45) is 5.92 Å². The fraction of sp³-hybridized carbons (Fsp3) is 0.364. The van der Waals surface area contributed by atoms with Gasteiger partial charge in [-0.3, -0.25) is 4.79 Å². The van der Waals surface area contributed by atoms with E-state index in [0.717, 1.165) is 12.1 Å². The molecule has 1 aromatic carbocycles. The number of anilines is 1. The van der Waals surface area contributed by atoms with Crippen molar-refractivity contribution in [1.82, 2.24) is 0 Å². The Morgan fingerprint density at radius 3 is 3.06 bits per heavy atom. The van der Waals surface area contributed by atoms with Gasteiger partial charge < -0.3 is 15.2 Å². The van der Waals surface area contributed by atoms with Gasteiger partial charge in [-0.1, -0.05) is 0 Å². The summed E-state index contributed by atoms with van der Waals surface area (Å²) in [6, 6.07) is 3.42. The van der Waals surface area contributed by atoms with E-state index in [1.807, 2.05) is 0 Å². The maximum atomic E-state index is 12.9. The summed E-state index contributed by atoms with van der Waals surface area (Å²) in [4.78, 5) is 11.7. The molecule has 0 spiro atoms. The van der Waals surface area contributed by atoms with E-state index < -0.39 is 5.82 Å². The quantitative estimate of drug-likeness (QED) is 0.750. The average molecular weight is 225 g/mol. The second-order valence-corrected chi connectivity index (χ2v) is 3.71. The number of rotatable bonds is 2. The lowest BCUT2D eigenvalue weighted by Crippen LogP contribution is -2.22. The molecule has 86 valence electrons. The molecule has 0 bridgehead atoms. The Kier molecular flexibility index (Phi) is 3.05. The summed E-state index contributed by atoms with van der Waals surface area (Å²) in [5, 5.41) is 11.9. The smallest absolute Gasteiger partial charge is 0.230 e. The number of hydrogen-bond acceptors (Lipinski definition) is 3. The van der Waals surface area contributed by atoms with E-state index in [2.05, 4.69) is 5.32 Å². The van der Waals surface area contributed by atoms with Gasteiger partial charge in [0.05, 0.1) is 18.2 Å². The van der Waals surface area contributed by atoms with Crippen LogP contribution in [-0.2, 0) is 9.53 Å². The summed E-state index contributed by atoms with van der Waals surface area (Å²) < 4.78 is 18.0. The number of halogens is 1. The number of nitrogens with one attached hydrogen (secondary N) is 1. The van der Waals surface area contributed by atoms with E-state index in [-0.39, 0.29) is 23.3 Å². The molecule has 2 rings (SSSR count). The fourth-order valence-corrected chi connectivity index (χ4v) is 1.58. The van der Waals surface area contributed by atoms with Gasteiger partial charge in [0.15, 0.2) is 0 Å². The van der Waals surface area contributed by atoms with Gasteiger partial charge in [0, 0.05) is 12.7 Å². The predicted octanol–water partition coefficient (Wildman–Crippen LogP) is 1.51. The lowest BCUT2D eigenvalue weighted by molar-refractivity contribution is -0.119. The Bertz CT molecular complexity index is 402. The molecule has 1 saturated heterocycles. The van der Waals surface area contributed by atoms with E-state index in [0.29, 0.717) is 19.6 Å². The van der Waals surface area contributed by atoms with Gasteiger partial charge in [-0.05, 0) is 18.6 Å². The molecule has 1 unspecified atom stereocenters. The highest BCUT2D eigenvalue weighted by Gasteiger charge is 2.24. The van der Waals surface area contributed by atoms with Crippen LogP contribution in [0.2, 0.25) is 0 Å². The molecule has 1 aliphatic rings. The minimum atomic E-state index is -0.504. The first-order valence-electron chi connectivity index (χ1n) is 5.04. The van der Waals surface area contributed by atoms with Gasteiger partial charge in [-0.25, -0.2) is 4.39 Å². The molecule has 1 aromatic rings. The van der Waals surface area contributed by atoms with Crippen LogP contribution >= 0.6 is 0 Å². The van der Waals surface area contributed by atoms with Gasteiger partial charge in [0.25, 0.3) is 0 Å². The summed E-state index contributed by atoms with van der Waals surface area (Å²) >= 11 is 0. The standard InChI is InChI=1S/C11H12FNO3/c12-8-1-2-10(14)9(5-8)13-11(15)7-3-4-16-6-7/h1-2,5,7,14H,3-4,6H2,(H,13,15). The van der Waals surface area contributed by atoms with E-state index in [1.165, 1.54) is 6.07 Å². The topological polar surface area (TPSA) is 58.6 Å². The van der Waals surface area contributed by atoms with Gasteiger partial charge in [0.1, 0.15) is 11.6 Å². The SMILES string of the molecule is O=C(Nc1cc(F)ccc1O)C1CCOC1. The van der Waals surface area contributed by atoms with Crippen LogP contribution in [0.1, 0.15) is 6.42 Å². The lowest BCUT2D eigenvalue weighted by Gasteiger charge is -2.10. The first-order valence-corrected chi connectivity index (χ1v) is 5.04. The maximum Gasteiger partial charge on any atom is 0.230 e. The Morgan fingerprint density at radius 2 is 2.38 bits per heavy atom. The molecule has 5 heteroatoms. The molecule has 0 aromatic heterocycles. The zero-order valence-electron chi connectivity index (χ0n) is 8.57. The Balaban J connectivity index is 2.07. The van der Waals surface area contributed by atoms with E-state index in [9.17, 15) is 14.3 Å². The molecule has 2 N–H and O–H groups in total. The summed E-state index contributed by atoms with van der Waals surface area (Å²) in [6.45, 7) is 0.940. The van der Waals surface area contributed by atoms with Crippen molar-refractivity contribution in [1.29, 1.82) is 0 Å². The highest BCUT2D eigenvalue weighted by Crippen LogP contribution is 2.25. The first kappa shape index (κ1) is 10.9. The fourth-order valence-electron chi connectivity index (χ4n) is 1.58. The molecular weight excluding hydrogens is 213 g/mol. The van der Waals surface area contributed by atoms with Crippen molar-refractivity contribution in [2.45, 2.75) is 6.42 Å². The molecule has 0 aliphatic carbocycles. The van der Waals surface area contributed by atoms with Crippen molar-refractivity contribution in [3.8, 4) is 5.75 Å². The molecular formula is C11H12FNO3. The second kappa shape index (κ2) is 4.49. The van der Waals surface area contributed by atoms with Crippen molar-refractivity contribution >= 4 is 11.6 Å². The molecule has 4 nitrogen and oxygen atoms in total. The van der Waals surface area contributed by atoms with E-state index >= 15 is 0 Å². The number of hydrogen-bond donors (Lipinski definition) is 2. The summed E-state index contributed by atoms with van der Waals surface area (Å²) in [6.07, 6.45) is 0.655. The Hall–Kier alpha value is -1.62. The number of amides is 1. The van der Waals surface area contributed by atoms with E-state index in [1.54, 1.807) is 0 Å². The minimum absolute atomic E-state index is 0.0944. The molecule has 1 fully saturated rings. The molecule has 1 atom stereocenters. The molecule has 16 heavy (non-hydrogen) atoms. The largest absolute Gasteiger partial charge is 0.506 e. The Morgan fingerprint density at radius 1 is 1.56 bits per heavy atom. The molecule has 0 radical (unpaired) electrons. The van der Waals surface area contributed by atoms with Crippen LogP contribution in [-0.4, -0.2) is 24.2 Å². The van der Waals surface area contributed by atoms with Gasteiger partial charge in [-0.2, -0.15) is 0 Å². The van der Waals surface area contributed by atoms with Crippen molar-refractivity contribution in [3.05, 3.63) is 24.0 Å². The molecule has 0 saturated carbocycles. The zero-order chi connectivity index (χ0) is 11.5. The number of benzene rings is 1. The van der Waals surface area contributed by atoms with Crippen LogP contribution in [0.5, 0.6) is 5.75 Å². The number of carbonyl (C=O) groups is 1. The normalized spacial score (nSPS) is 19.7. The minimum Gasteiger partial charge on any atom is -0.506 e. The highest BCUT2D eigenvalue weighted by atomic mass is 19.1. The third-order valence-electron chi connectivity index (χ3n) is 2.52. The van der Waals surface area contributed by atoms with Crippen LogP contribution in [0.25, 0.3) is 0 Å². The third kappa shape index (κ3) is 2.30. The first-order chi connectivity index (χ1) is 7.66. The lowest BCUT2D eigenvalue weighted by atomic mass is 10.1. The second-order valence-electron chi connectivity index (χ2n) is 3.71. The molecule has 1 heterocycles. The average Bonchev–Trinajstić information content (AvgIpc) is 2.76. The summed E-state index contributed by atoms with van der Waals surface area (Å²) in [5.41, 5.74) is 0.0944. The van der Waals surface area contributed by atoms with E-state index in [4.69, 9.17) is 4.74 Å². The van der Waals surface area contributed by atoms with Gasteiger partial charge in [0.2, 0.25) is 5.91 Å². The van der Waals surface area contributed by atoms with Crippen LogP contribution < -0.4 is 5.32 Å². The van der Waals surface area contributed by atoms with Crippen molar-refractivity contribution in [2.75, 3.05) is 18.5 Å². The van der Waals surface area contributed by atoms with Crippen LogP contribution in [0.15, 0.2) is 18.2 Å². The summed E-state index contributed by atoms with van der Waals surface area (Å²) in [5.74, 6) is -1.12. The monoisotopic (exact) mass is 225 g/mol. The highest BCUT2D eigenvalue weighted by molar-refractivity contribution is 5.94. The van der Waals surface area contributed by atoms with Crippen LogP contribution in [0, 0.1) is 11.7 Å². The maximum absolute atomic E-state index is 12.9. The van der Waals surface area contributed by atoms with Crippen molar-refractivity contribution < 1.29 is 19.0 Å². The number of ether oxygens (including phenoxy) is 1. The summed E-state index contributed by atoms with van der Waals surface area (Å²) in [7, 11) is 0. The van der Waals surface area contributed by atoms with Crippen LogP contribution in [0.4, 0.5) is 10.1 Å². The van der Waals surface area contributed by atoms with Gasteiger partial charge in [-0.15, -0.1) is 0 Å². The number of phenols is 1. The molecule has 1 amide bonds. The zero-order valence-corrected chi connectivity index (χ0v) is 8.57. The number of phenolic OH excluding ortho intramolecular Hbond substituents is 1. The number of carbonyl (C=O) groups excluding carboxylic acids is 1. The number of aromatic hydroxyl groups is 1.